The molecule has 0 amide bonds. The molecule has 8 nitrogen and oxygen atoms in total. The summed E-state index contributed by atoms with van der Waals surface area (Å²) < 4.78 is 31.4. The van der Waals surface area contributed by atoms with Crippen LogP contribution in [-0.4, -0.2) is 78.0 Å². The van der Waals surface area contributed by atoms with Crippen molar-refractivity contribution in [2.24, 2.45) is 0 Å². The highest BCUT2D eigenvalue weighted by Gasteiger charge is 2.16. The molecule has 0 N–H and O–H groups in total. The summed E-state index contributed by atoms with van der Waals surface area (Å²) in [6, 6.07) is 0. The molecular weight excluding hydrogens is 392 g/mol. The summed E-state index contributed by atoms with van der Waals surface area (Å²) in [4.78, 5) is 23.1. The third kappa shape index (κ3) is 21.5. The average Bonchev–Trinajstić information content (AvgIpc) is 2.75. The third-order valence-corrected chi connectivity index (χ3v) is 4.03. The van der Waals surface area contributed by atoms with Crippen LogP contribution in [0.25, 0.3) is 0 Å². The van der Waals surface area contributed by atoms with Gasteiger partial charge >= 0.3 is 11.9 Å². The van der Waals surface area contributed by atoms with E-state index in [1.807, 2.05) is 0 Å². The van der Waals surface area contributed by atoms with E-state index in [0.29, 0.717) is 52.5 Å². The smallest absolute Gasteiger partial charge is 0.417 e. The third-order valence-electron chi connectivity index (χ3n) is 4.03. The lowest BCUT2D eigenvalue weighted by Gasteiger charge is -2.07. The molecule has 0 aliphatic heterocycles. The van der Waals surface area contributed by atoms with Crippen LogP contribution in [0.2, 0.25) is 0 Å². The molecule has 0 radical (unpaired) electrons. The van der Waals surface area contributed by atoms with Crippen LogP contribution in [0.5, 0.6) is 0 Å². The molecule has 0 aromatic carbocycles. The topological polar surface area (TPSA) is 89.5 Å². The van der Waals surface area contributed by atoms with Gasteiger partial charge in [0.15, 0.2) is 0 Å². The zero-order valence-electron chi connectivity index (χ0n) is 19.0. The van der Waals surface area contributed by atoms with Crippen LogP contribution < -0.4 is 0 Å². The van der Waals surface area contributed by atoms with Crippen molar-refractivity contribution in [2.75, 3.05) is 66.1 Å². The lowest BCUT2D eigenvalue weighted by molar-refractivity contribution is -0.167. The van der Waals surface area contributed by atoms with E-state index in [4.69, 9.17) is 28.4 Å². The normalized spacial score (nSPS) is 10.9. The maximum atomic E-state index is 11.5. The molecule has 0 aromatic rings. The molecule has 0 bridgehead atoms. The number of esters is 2. The molecule has 0 heterocycles. The minimum Gasteiger partial charge on any atom is -0.457 e. The largest absolute Gasteiger partial charge is 0.457 e. The number of hydrogen-bond acceptors (Lipinski definition) is 8. The fourth-order valence-corrected chi connectivity index (χ4v) is 2.20. The Labute approximate surface area is 181 Å². The van der Waals surface area contributed by atoms with E-state index >= 15 is 0 Å². The number of rotatable bonds is 22. The van der Waals surface area contributed by atoms with Crippen molar-refractivity contribution in [3.63, 3.8) is 0 Å². The molecule has 0 aliphatic carbocycles. The van der Waals surface area contributed by atoms with Crippen LogP contribution in [0.1, 0.15) is 65.2 Å². The first-order valence-corrected chi connectivity index (χ1v) is 11.4. The van der Waals surface area contributed by atoms with E-state index in [0.717, 1.165) is 51.7 Å². The van der Waals surface area contributed by atoms with Crippen LogP contribution in [0.15, 0.2) is 0 Å². The van der Waals surface area contributed by atoms with Gasteiger partial charge in [0.2, 0.25) is 0 Å². The Morgan fingerprint density at radius 2 is 0.733 bits per heavy atom. The second kappa shape index (κ2) is 24.1. The summed E-state index contributed by atoms with van der Waals surface area (Å²) in [5.41, 5.74) is 0. The van der Waals surface area contributed by atoms with Gasteiger partial charge in [0, 0.05) is 26.4 Å². The van der Waals surface area contributed by atoms with E-state index in [1.54, 1.807) is 0 Å². The van der Waals surface area contributed by atoms with Gasteiger partial charge in [-0.05, 0) is 38.5 Å². The highest BCUT2D eigenvalue weighted by atomic mass is 16.6. The van der Waals surface area contributed by atoms with Crippen LogP contribution in [0.4, 0.5) is 0 Å². The molecule has 0 fully saturated rings. The molecule has 0 spiro atoms. The predicted molar refractivity (Wildman–Crippen MR) is 113 cm³/mol. The Balaban J connectivity index is 3.32. The molecular formula is C22H42O8. The van der Waals surface area contributed by atoms with Crippen molar-refractivity contribution < 1.29 is 38.0 Å². The van der Waals surface area contributed by atoms with E-state index in [1.165, 1.54) is 0 Å². The maximum Gasteiger partial charge on any atom is 0.417 e. The van der Waals surface area contributed by atoms with Crippen LogP contribution in [0.3, 0.4) is 0 Å². The first kappa shape index (κ1) is 28.8. The molecule has 30 heavy (non-hydrogen) atoms. The molecule has 0 aliphatic rings. The van der Waals surface area contributed by atoms with E-state index in [-0.39, 0.29) is 13.2 Å². The first-order valence-electron chi connectivity index (χ1n) is 11.4. The van der Waals surface area contributed by atoms with Gasteiger partial charge in [0.05, 0.1) is 39.6 Å². The Hall–Kier alpha value is -1.22. The Bertz CT molecular complexity index is 353. The molecule has 0 rings (SSSR count). The van der Waals surface area contributed by atoms with Crippen molar-refractivity contribution >= 4 is 11.9 Å². The van der Waals surface area contributed by atoms with Gasteiger partial charge in [-0.2, -0.15) is 0 Å². The SMILES string of the molecule is CCCCOCCOCCCCOC(=O)C(=O)OCCCCOCCOCCCC. The van der Waals surface area contributed by atoms with E-state index < -0.39 is 11.9 Å². The quantitative estimate of drug-likeness (QED) is 0.146. The summed E-state index contributed by atoms with van der Waals surface area (Å²) in [7, 11) is 0. The van der Waals surface area contributed by atoms with Crippen LogP contribution in [0, 0.1) is 0 Å². The van der Waals surface area contributed by atoms with Crippen LogP contribution in [-0.2, 0) is 38.0 Å². The molecule has 0 aromatic heterocycles. The molecule has 0 saturated heterocycles. The number of carbonyl (C=O) groups excluding carboxylic acids is 2. The monoisotopic (exact) mass is 434 g/mol. The zero-order valence-corrected chi connectivity index (χ0v) is 19.0. The molecule has 0 saturated carbocycles. The summed E-state index contributed by atoms with van der Waals surface area (Å²) >= 11 is 0. The number of hydrogen-bond donors (Lipinski definition) is 0. The first-order chi connectivity index (χ1) is 14.7. The lowest BCUT2D eigenvalue weighted by Crippen LogP contribution is -2.21. The average molecular weight is 435 g/mol. The van der Waals surface area contributed by atoms with E-state index in [2.05, 4.69) is 13.8 Å². The second-order valence-electron chi connectivity index (χ2n) is 6.84. The molecule has 8 heteroatoms. The van der Waals surface area contributed by atoms with Gasteiger partial charge in [-0.3, -0.25) is 0 Å². The highest BCUT2D eigenvalue weighted by Crippen LogP contribution is 1.97. The predicted octanol–water partition coefficient (Wildman–Crippen LogP) is 3.30. The van der Waals surface area contributed by atoms with E-state index in [9.17, 15) is 9.59 Å². The number of carbonyl (C=O) groups is 2. The highest BCUT2D eigenvalue weighted by molar-refractivity contribution is 6.29. The van der Waals surface area contributed by atoms with Crippen molar-refractivity contribution in [3.8, 4) is 0 Å². The summed E-state index contributed by atoms with van der Waals surface area (Å²) in [6.07, 6.45) is 7.15. The fourth-order valence-electron chi connectivity index (χ4n) is 2.20. The maximum absolute atomic E-state index is 11.5. The minimum atomic E-state index is -0.944. The summed E-state index contributed by atoms with van der Waals surface area (Å²) in [5.74, 6) is -1.89. The minimum absolute atomic E-state index is 0.179. The van der Waals surface area contributed by atoms with Crippen molar-refractivity contribution in [1.29, 1.82) is 0 Å². The van der Waals surface area contributed by atoms with Crippen molar-refractivity contribution in [1.82, 2.24) is 0 Å². The Morgan fingerprint density at radius 3 is 1.07 bits per heavy atom. The number of ether oxygens (including phenoxy) is 6. The molecule has 0 unspecified atom stereocenters. The summed E-state index contributed by atoms with van der Waals surface area (Å²) in [5, 5.41) is 0. The van der Waals surface area contributed by atoms with Gasteiger partial charge in [-0.25, -0.2) is 9.59 Å². The standard InChI is InChI=1S/C22H42O8/c1-3-5-11-25-17-19-27-13-7-9-15-29-21(23)22(24)30-16-10-8-14-28-20-18-26-12-6-4-2/h3-20H2,1-2H3. The second-order valence-corrected chi connectivity index (χ2v) is 6.84. The Kier molecular flexibility index (Phi) is 23.1. The van der Waals surface area contributed by atoms with Crippen molar-refractivity contribution in [2.45, 2.75) is 65.2 Å². The van der Waals surface area contributed by atoms with Gasteiger partial charge < -0.3 is 28.4 Å². The zero-order chi connectivity index (χ0) is 22.1. The molecule has 0 atom stereocenters. The summed E-state index contributed by atoms with van der Waals surface area (Å²) in [6.45, 7) is 9.62. The van der Waals surface area contributed by atoms with Crippen LogP contribution >= 0.6 is 0 Å². The lowest BCUT2D eigenvalue weighted by atomic mass is 10.3. The van der Waals surface area contributed by atoms with Crippen molar-refractivity contribution in [3.05, 3.63) is 0 Å². The number of unbranched alkanes of at least 4 members (excludes halogenated alkanes) is 4. The fraction of sp³-hybridized carbons (Fsp3) is 0.909. The molecule has 178 valence electrons. The van der Waals surface area contributed by atoms with Gasteiger partial charge in [-0.15, -0.1) is 0 Å². The van der Waals surface area contributed by atoms with Gasteiger partial charge in [0.1, 0.15) is 0 Å². The Morgan fingerprint density at radius 1 is 0.433 bits per heavy atom. The van der Waals surface area contributed by atoms with Gasteiger partial charge in [-0.1, -0.05) is 26.7 Å². The van der Waals surface area contributed by atoms with Gasteiger partial charge in [0.25, 0.3) is 0 Å².